The predicted molar refractivity (Wildman–Crippen MR) is 82.8 cm³/mol. The standard InChI is InChI=1S/C16H14N2O6.Na/c19-11-4-1-9(2-5-11)7-13(16(23)24)18-17-10-3-6-14(20)12(8-10)15(21)22;/h1-6,8,13,19-20H,7H2,(H,21,22)(H,23,24);/q;+1. The van der Waals surface area contributed by atoms with Gasteiger partial charge in [0.05, 0.1) is 5.69 Å². The van der Waals surface area contributed by atoms with Crippen LogP contribution in [0.4, 0.5) is 5.69 Å². The van der Waals surface area contributed by atoms with Crippen LogP contribution in [0.5, 0.6) is 11.5 Å². The number of phenolic OH excluding ortho intramolecular Hbond substituents is 1. The average Bonchev–Trinajstić information content (AvgIpc) is 2.54. The van der Waals surface area contributed by atoms with Crippen molar-refractivity contribution in [3.63, 3.8) is 0 Å². The van der Waals surface area contributed by atoms with E-state index >= 15 is 0 Å². The maximum absolute atomic E-state index is 11.3. The van der Waals surface area contributed by atoms with Crippen molar-refractivity contribution in [2.45, 2.75) is 12.5 Å². The Bertz CT molecular complexity index is 792. The van der Waals surface area contributed by atoms with Crippen molar-refractivity contribution in [2.24, 2.45) is 10.2 Å². The molecule has 9 heteroatoms. The zero-order valence-corrected chi connectivity index (χ0v) is 15.3. The number of aliphatic carboxylic acids is 1. The molecule has 0 aliphatic rings. The molecule has 0 aliphatic heterocycles. The second-order valence-corrected chi connectivity index (χ2v) is 4.95. The summed E-state index contributed by atoms with van der Waals surface area (Å²) >= 11 is 0. The van der Waals surface area contributed by atoms with E-state index in [-0.39, 0.29) is 53.0 Å². The smallest absolute Gasteiger partial charge is 0.508 e. The molecule has 0 radical (unpaired) electrons. The molecule has 0 spiro atoms. The van der Waals surface area contributed by atoms with Crippen LogP contribution in [0.25, 0.3) is 0 Å². The molecular weight excluding hydrogens is 339 g/mol. The Balaban J connectivity index is 0.00000312. The van der Waals surface area contributed by atoms with Gasteiger partial charge in [0.25, 0.3) is 0 Å². The Kier molecular flexibility index (Phi) is 7.56. The Labute approximate surface area is 164 Å². The minimum absolute atomic E-state index is 0. The quantitative estimate of drug-likeness (QED) is 0.411. The van der Waals surface area contributed by atoms with E-state index in [1.54, 1.807) is 12.1 Å². The molecule has 1 atom stereocenters. The van der Waals surface area contributed by atoms with Crippen LogP contribution in [0.1, 0.15) is 15.9 Å². The number of carbonyl (C=O) groups is 2. The molecule has 8 nitrogen and oxygen atoms in total. The summed E-state index contributed by atoms with van der Waals surface area (Å²) in [6, 6.07) is 8.42. The molecule has 0 aliphatic carbocycles. The van der Waals surface area contributed by atoms with Gasteiger partial charge in [0.2, 0.25) is 0 Å². The maximum Gasteiger partial charge on any atom is 1.00 e. The molecule has 2 aromatic carbocycles. The number of aromatic hydroxyl groups is 2. The van der Waals surface area contributed by atoms with Crippen molar-refractivity contribution in [3.05, 3.63) is 53.6 Å². The van der Waals surface area contributed by atoms with Gasteiger partial charge in [0, 0.05) is 6.42 Å². The Morgan fingerprint density at radius 3 is 2.20 bits per heavy atom. The summed E-state index contributed by atoms with van der Waals surface area (Å²) in [6.45, 7) is 0. The summed E-state index contributed by atoms with van der Waals surface area (Å²) in [5.41, 5.74) is 0.412. The van der Waals surface area contributed by atoms with Crippen LogP contribution in [-0.2, 0) is 11.2 Å². The molecule has 2 aromatic rings. The third-order valence-electron chi connectivity index (χ3n) is 3.17. The number of rotatable bonds is 6. The zero-order chi connectivity index (χ0) is 17.7. The van der Waals surface area contributed by atoms with Gasteiger partial charge in [0.1, 0.15) is 17.1 Å². The first-order valence-electron chi connectivity index (χ1n) is 6.84. The van der Waals surface area contributed by atoms with Gasteiger partial charge < -0.3 is 20.4 Å². The number of azo groups is 1. The second-order valence-electron chi connectivity index (χ2n) is 4.95. The third-order valence-corrected chi connectivity index (χ3v) is 3.17. The number of carboxylic acid groups (broad SMARTS) is 2. The van der Waals surface area contributed by atoms with Gasteiger partial charge in [-0.25, -0.2) is 9.59 Å². The first-order chi connectivity index (χ1) is 11.4. The van der Waals surface area contributed by atoms with Gasteiger partial charge in [-0.2, -0.15) is 10.2 Å². The molecule has 0 heterocycles. The van der Waals surface area contributed by atoms with Gasteiger partial charge >= 0.3 is 41.5 Å². The van der Waals surface area contributed by atoms with Crippen LogP contribution < -0.4 is 29.6 Å². The van der Waals surface area contributed by atoms with Crippen LogP contribution >= 0.6 is 0 Å². The summed E-state index contributed by atoms with van der Waals surface area (Å²) < 4.78 is 0. The molecule has 25 heavy (non-hydrogen) atoms. The van der Waals surface area contributed by atoms with E-state index in [2.05, 4.69) is 10.2 Å². The van der Waals surface area contributed by atoms with Crippen molar-refractivity contribution in [1.82, 2.24) is 0 Å². The van der Waals surface area contributed by atoms with Crippen LogP contribution in [0.2, 0.25) is 0 Å². The Morgan fingerprint density at radius 1 is 1.00 bits per heavy atom. The molecule has 0 saturated carbocycles. The molecule has 0 bridgehead atoms. The van der Waals surface area contributed by atoms with E-state index in [0.29, 0.717) is 5.56 Å². The summed E-state index contributed by atoms with van der Waals surface area (Å²) in [5.74, 6) is -2.87. The van der Waals surface area contributed by atoms with E-state index in [4.69, 9.17) is 5.11 Å². The number of carboxylic acids is 2. The zero-order valence-electron chi connectivity index (χ0n) is 13.3. The molecule has 0 aromatic heterocycles. The second kappa shape index (κ2) is 9.16. The monoisotopic (exact) mass is 353 g/mol. The SMILES string of the molecule is O=C(O)c1cc(N=NC(Cc2ccc(O)cc2)C(=O)O)ccc1O.[Na+]. The van der Waals surface area contributed by atoms with Gasteiger partial charge in [-0.05, 0) is 35.9 Å². The van der Waals surface area contributed by atoms with Crippen LogP contribution in [-0.4, -0.2) is 38.4 Å². The van der Waals surface area contributed by atoms with E-state index in [1.807, 2.05) is 0 Å². The minimum atomic E-state index is -1.33. The predicted octanol–water partition coefficient (Wildman–Crippen LogP) is -0.420. The number of benzene rings is 2. The number of phenols is 2. The van der Waals surface area contributed by atoms with E-state index in [1.165, 1.54) is 18.2 Å². The first-order valence-corrected chi connectivity index (χ1v) is 6.84. The molecule has 0 fully saturated rings. The molecule has 1 unspecified atom stereocenters. The van der Waals surface area contributed by atoms with Crippen molar-refractivity contribution < 1.29 is 59.6 Å². The van der Waals surface area contributed by atoms with Crippen LogP contribution in [0.3, 0.4) is 0 Å². The van der Waals surface area contributed by atoms with E-state index in [9.17, 15) is 24.9 Å². The van der Waals surface area contributed by atoms with Crippen molar-refractivity contribution in [2.75, 3.05) is 0 Å². The summed E-state index contributed by atoms with van der Waals surface area (Å²) in [7, 11) is 0. The fourth-order valence-electron chi connectivity index (χ4n) is 1.93. The summed E-state index contributed by atoms with van der Waals surface area (Å²) in [4.78, 5) is 22.2. The average molecular weight is 353 g/mol. The molecule has 4 N–H and O–H groups in total. The fraction of sp³-hybridized carbons (Fsp3) is 0.125. The van der Waals surface area contributed by atoms with Gasteiger partial charge in [0.15, 0.2) is 6.04 Å². The Hall–Kier alpha value is -2.42. The van der Waals surface area contributed by atoms with E-state index < -0.39 is 23.7 Å². The molecule has 124 valence electrons. The third kappa shape index (κ3) is 5.86. The number of hydrogen-bond donors (Lipinski definition) is 4. The largest absolute Gasteiger partial charge is 1.00 e. The van der Waals surface area contributed by atoms with Crippen molar-refractivity contribution >= 4 is 17.6 Å². The summed E-state index contributed by atoms with van der Waals surface area (Å²) in [6.07, 6.45) is 0.0585. The van der Waals surface area contributed by atoms with Crippen molar-refractivity contribution in [3.8, 4) is 11.5 Å². The Morgan fingerprint density at radius 2 is 1.64 bits per heavy atom. The topological polar surface area (TPSA) is 140 Å². The molecule has 0 amide bonds. The van der Waals surface area contributed by atoms with Crippen LogP contribution in [0.15, 0.2) is 52.7 Å². The molecular formula is C16H14N2NaO6+. The first kappa shape index (κ1) is 20.6. The maximum atomic E-state index is 11.3. The number of hydrogen-bond acceptors (Lipinski definition) is 6. The normalized spacial score (nSPS) is 11.7. The number of aromatic carboxylic acids is 1. The number of nitrogens with zero attached hydrogens (tertiary/aromatic N) is 2. The minimum Gasteiger partial charge on any atom is -0.508 e. The van der Waals surface area contributed by atoms with E-state index in [0.717, 1.165) is 12.1 Å². The van der Waals surface area contributed by atoms with Crippen LogP contribution in [0, 0.1) is 0 Å². The molecule has 2 rings (SSSR count). The van der Waals surface area contributed by atoms with Gasteiger partial charge in [-0.3, -0.25) is 0 Å². The summed E-state index contributed by atoms with van der Waals surface area (Å²) in [5, 5.41) is 44.3. The van der Waals surface area contributed by atoms with Crippen molar-refractivity contribution in [1.29, 1.82) is 0 Å². The molecule has 0 saturated heterocycles. The van der Waals surface area contributed by atoms with Gasteiger partial charge in [-0.1, -0.05) is 12.1 Å². The van der Waals surface area contributed by atoms with Gasteiger partial charge in [-0.15, -0.1) is 0 Å². The fourth-order valence-corrected chi connectivity index (χ4v) is 1.93.